The molecule has 62 valence electrons. The van der Waals surface area contributed by atoms with Crippen molar-refractivity contribution >= 4 is 5.97 Å². The van der Waals surface area contributed by atoms with E-state index in [0.717, 1.165) is 0 Å². The number of cyclic esters (lactones) is 1. The lowest BCUT2D eigenvalue weighted by atomic mass is 9.91. The van der Waals surface area contributed by atoms with E-state index in [1.165, 1.54) is 0 Å². The van der Waals surface area contributed by atoms with E-state index in [9.17, 15) is 4.79 Å². The minimum atomic E-state index is -0.302. The van der Waals surface area contributed by atoms with Gasteiger partial charge in [0.25, 0.3) is 0 Å². The second-order valence-electron chi connectivity index (χ2n) is 3.41. The molecule has 0 N–H and O–H groups in total. The fraction of sp³-hybridized carbons (Fsp3) is 0.667. The van der Waals surface area contributed by atoms with Crippen LogP contribution in [0.4, 0.5) is 0 Å². The Balaban J connectivity index is 2.73. The zero-order valence-corrected chi connectivity index (χ0v) is 7.26. The molecule has 0 aromatic carbocycles. The molecule has 1 aliphatic heterocycles. The highest BCUT2D eigenvalue weighted by atomic mass is 16.6. The number of carbonyl (C=O) groups is 1. The fourth-order valence-corrected chi connectivity index (χ4v) is 1.37. The number of esters is 1. The van der Waals surface area contributed by atoms with Crippen molar-refractivity contribution in [2.24, 2.45) is 5.92 Å². The number of hydrogen-bond acceptors (Lipinski definition) is 2. The van der Waals surface area contributed by atoms with Gasteiger partial charge in [0.15, 0.2) is 0 Å². The van der Waals surface area contributed by atoms with Crippen LogP contribution in [0.3, 0.4) is 0 Å². The molecule has 11 heavy (non-hydrogen) atoms. The molecule has 0 aromatic rings. The fourth-order valence-electron chi connectivity index (χ4n) is 1.37. The summed E-state index contributed by atoms with van der Waals surface area (Å²) < 4.78 is 5.12. The summed E-state index contributed by atoms with van der Waals surface area (Å²) >= 11 is 0. The van der Waals surface area contributed by atoms with E-state index in [1.54, 1.807) is 0 Å². The average molecular weight is 154 g/mol. The largest absolute Gasteiger partial charge is 0.459 e. The van der Waals surface area contributed by atoms with Crippen LogP contribution in [0, 0.1) is 5.92 Å². The molecule has 1 heterocycles. The minimum absolute atomic E-state index is 0.0851. The molecule has 1 atom stereocenters. The summed E-state index contributed by atoms with van der Waals surface area (Å²) in [6.07, 6.45) is 4.52. The zero-order valence-electron chi connectivity index (χ0n) is 7.26. The lowest BCUT2D eigenvalue weighted by molar-refractivity contribution is -0.146. The number of allylic oxidation sites excluding steroid dienone is 1. The summed E-state index contributed by atoms with van der Waals surface area (Å²) in [5.41, 5.74) is -0.302. The Morgan fingerprint density at radius 1 is 1.64 bits per heavy atom. The van der Waals surface area contributed by atoms with Gasteiger partial charge in [0.1, 0.15) is 5.60 Å². The maximum atomic E-state index is 10.9. The number of rotatable bonds is 1. The molecule has 0 radical (unpaired) electrons. The molecule has 0 bridgehead atoms. The third-order valence-corrected chi connectivity index (χ3v) is 2.08. The Kier molecular flexibility index (Phi) is 2.03. The van der Waals surface area contributed by atoms with Crippen molar-refractivity contribution in [3.63, 3.8) is 0 Å². The predicted molar refractivity (Wildman–Crippen MR) is 43.1 cm³/mol. The van der Waals surface area contributed by atoms with Gasteiger partial charge in [0.05, 0.1) is 6.42 Å². The second-order valence-corrected chi connectivity index (χ2v) is 3.41. The molecule has 0 amide bonds. The Morgan fingerprint density at radius 2 is 2.27 bits per heavy atom. The molecule has 1 aliphatic rings. The summed E-state index contributed by atoms with van der Waals surface area (Å²) in [6, 6.07) is 0. The van der Waals surface area contributed by atoms with Gasteiger partial charge in [0, 0.05) is 5.92 Å². The maximum Gasteiger partial charge on any atom is 0.307 e. The Morgan fingerprint density at radius 3 is 2.64 bits per heavy atom. The van der Waals surface area contributed by atoms with Crippen molar-refractivity contribution in [3.8, 4) is 0 Å². The van der Waals surface area contributed by atoms with Crippen molar-refractivity contribution in [2.45, 2.75) is 32.8 Å². The maximum absolute atomic E-state index is 10.9. The minimum Gasteiger partial charge on any atom is -0.459 e. The SMILES string of the molecule is CC=CC1CC(=O)OC1(C)C. The first-order valence-corrected chi connectivity index (χ1v) is 3.91. The molecule has 2 nitrogen and oxygen atoms in total. The van der Waals surface area contributed by atoms with E-state index < -0.39 is 0 Å². The first-order valence-electron chi connectivity index (χ1n) is 3.91. The van der Waals surface area contributed by atoms with Crippen LogP contribution in [-0.2, 0) is 9.53 Å². The third-order valence-electron chi connectivity index (χ3n) is 2.08. The topological polar surface area (TPSA) is 26.3 Å². The Hall–Kier alpha value is -0.790. The van der Waals surface area contributed by atoms with Gasteiger partial charge < -0.3 is 4.74 Å². The zero-order chi connectivity index (χ0) is 8.48. The summed E-state index contributed by atoms with van der Waals surface area (Å²) in [5.74, 6) is 0.165. The summed E-state index contributed by atoms with van der Waals surface area (Å²) in [7, 11) is 0. The highest BCUT2D eigenvalue weighted by Crippen LogP contribution is 2.32. The second kappa shape index (κ2) is 2.68. The van der Waals surface area contributed by atoms with Crippen molar-refractivity contribution in [1.82, 2.24) is 0 Å². The molecule has 2 heteroatoms. The van der Waals surface area contributed by atoms with Gasteiger partial charge in [0.2, 0.25) is 0 Å². The molecule has 1 saturated heterocycles. The van der Waals surface area contributed by atoms with Crippen LogP contribution in [0.25, 0.3) is 0 Å². The molecule has 0 aliphatic carbocycles. The summed E-state index contributed by atoms with van der Waals surface area (Å²) in [5, 5.41) is 0. The van der Waals surface area contributed by atoms with Crippen LogP contribution in [-0.4, -0.2) is 11.6 Å². The molecular formula is C9H14O2. The van der Waals surface area contributed by atoms with E-state index in [0.29, 0.717) is 6.42 Å². The van der Waals surface area contributed by atoms with Gasteiger partial charge in [-0.2, -0.15) is 0 Å². The lowest BCUT2D eigenvalue weighted by Crippen LogP contribution is -2.25. The number of hydrogen-bond donors (Lipinski definition) is 0. The van der Waals surface area contributed by atoms with E-state index in [2.05, 4.69) is 0 Å². The summed E-state index contributed by atoms with van der Waals surface area (Å²) in [6.45, 7) is 5.85. The summed E-state index contributed by atoms with van der Waals surface area (Å²) in [4.78, 5) is 10.9. The van der Waals surface area contributed by atoms with Gasteiger partial charge in [-0.05, 0) is 20.8 Å². The molecule has 1 unspecified atom stereocenters. The molecule has 0 saturated carbocycles. The van der Waals surface area contributed by atoms with Gasteiger partial charge >= 0.3 is 5.97 Å². The monoisotopic (exact) mass is 154 g/mol. The Bertz CT molecular complexity index is 192. The molecular weight excluding hydrogens is 140 g/mol. The van der Waals surface area contributed by atoms with Crippen LogP contribution < -0.4 is 0 Å². The van der Waals surface area contributed by atoms with Crippen LogP contribution in [0.15, 0.2) is 12.2 Å². The van der Waals surface area contributed by atoms with Crippen molar-refractivity contribution in [1.29, 1.82) is 0 Å². The standard InChI is InChI=1S/C9H14O2/c1-4-5-7-6-8(10)11-9(7,2)3/h4-5,7H,6H2,1-3H3. The van der Waals surface area contributed by atoms with Crippen LogP contribution in [0.1, 0.15) is 27.2 Å². The molecule has 1 rings (SSSR count). The first-order chi connectivity index (χ1) is 5.06. The van der Waals surface area contributed by atoms with E-state index in [1.807, 2.05) is 32.9 Å². The van der Waals surface area contributed by atoms with Crippen LogP contribution >= 0.6 is 0 Å². The normalized spacial score (nSPS) is 29.4. The van der Waals surface area contributed by atoms with E-state index >= 15 is 0 Å². The van der Waals surface area contributed by atoms with Gasteiger partial charge in [-0.3, -0.25) is 4.79 Å². The van der Waals surface area contributed by atoms with Gasteiger partial charge in [-0.25, -0.2) is 0 Å². The highest BCUT2D eigenvalue weighted by molar-refractivity contribution is 5.73. The molecule has 0 spiro atoms. The van der Waals surface area contributed by atoms with Gasteiger partial charge in [-0.15, -0.1) is 0 Å². The van der Waals surface area contributed by atoms with Crippen LogP contribution in [0.5, 0.6) is 0 Å². The van der Waals surface area contributed by atoms with Crippen LogP contribution in [0.2, 0.25) is 0 Å². The molecule has 1 fully saturated rings. The quantitative estimate of drug-likeness (QED) is 0.426. The van der Waals surface area contributed by atoms with E-state index in [4.69, 9.17) is 4.74 Å². The molecule has 0 aromatic heterocycles. The smallest absolute Gasteiger partial charge is 0.307 e. The Labute approximate surface area is 67.2 Å². The van der Waals surface area contributed by atoms with Crippen molar-refractivity contribution in [2.75, 3.05) is 0 Å². The lowest BCUT2D eigenvalue weighted by Gasteiger charge is -2.21. The first kappa shape index (κ1) is 8.31. The predicted octanol–water partition coefficient (Wildman–Crippen LogP) is 1.90. The van der Waals surface area contributed by atoms with Gasteiger partial charge in [-0.1, -0.05) is 12.2 Å². The van der Waals surface area contributed by atoms with Crippen molar-refractivity contribution < 1.29 is 9.53 Å². The van der Waals surface area contributed by atoms with E-state index in [-0.39, 0.29) is 17.5 Å². The average Bonchev–Trinajstić information content (AvgIpc) is 2.07. The number of carbonyl (C=O) groups excluding carboxylic acids is 1. The number of ether oxygens (including phenoxy) is 1. The van der Waals surface area contributed by atoms with Crippen molar-refractivity contribution in [3.05, 3.63) is 12.2 Å². The highest BCUT2D eigenvalue weighted by Gasteiger charge is 2.39. The third kappa shape index (κ3) is 1.62.